The van der Waals surface area contributed by atoms with E-state index in [2.05, 4.69) is 4.74 Å². The first-order valence-corrected chi connectivity index (χ1v) is 5.92. The summed E-state index contributed by atoms with van der Waals surface area (Å²) in [6, 6.07) is 0. The molecule has 0 rings (SSSR count). The van der Waals surface area contributed by atoms with E-state index in [4.69, 9.17) is 4.74 Å². The van der Waals surface area contributed by atoms with Crippen LogP contribution < -0.4 is 58.2 Å². The Bertz CT molecular complexity index is 395. The van der Waals surface area contributed by atoms with Crippen molar-refractivity contribution in [2.75, 3.05) is 6.61 Å². The molecule has 0 aliphatic carbocycles. The van der Waals surface area contributed by atoms with E-state index >= 15 is 0 Å². The van der Waals surface area contributed by atoms with Crippen LogP contribution in [0.2, 0.25) is 0 Å². The zero-order valence-corrected chi connectivity index (χ0v) is 17.9. The van der Waals surface area contributed by atoms with Crippen LogP contribution in [-0.2, 0) is 19.1 Å². The molecule has 0 saturated carbocycles. The second-order valence-electron chi connectivity index (χ2n) is 4.81. The van der Waals surface area contributed by atoms with Crippen LogP contribution in [-0.4, -0.2) is 36.2 Å². The third kappa shape index (κ3) is 7.22. The van der Waals surface area contributed by atoms with Gasteiger partial charge in [0.15, 0.2) is 12.6 Å². The van der Waals surface area contributed by atoms with Crippen molar-refractivity contribution in [3.05, 3.63) is 5.92 Å². The van der Waals surface area contributed by atoms with E-state index in [1.165, 1.54) is 6.92 Å². The van der Waals surface area contributed by atoms with Gasteiger partial charge >= 0.3 is 76.3 Å². The standard InChI is InChI=1S/C12H16F5O4.Rb/c1-5-7(2)8(18)21-10(3,4)9(19)20-6-11(13,14)12(15,16)17;/h5-6H2,1-4H3;/q-1;+1. The van der Waals surface area contributed by atoms with Gasteiger partial charge in [0.05, 0.1) is 0 Å². The summed E-state index contributed by atoms with van der Waals surface area (Å²) >= 11 is 0. The Morgan fingerprint density at radius 2 is 1.55 bits per heavy atom. The summed E-state index contributed by atoms with van der Waals surface area (Å²) < 4.78 is 69.6. The molecule has 0 bridgehead atoms. The average Bonchev–Trinajstić information content (AvgIpc) is 2.32. The maximum absolute atomic E-state index is 12.6. The van der Waals surface area contributed by atoms with Gasteiger partial charge in [0.1, 0.15) is 0 Å². The smallest absolute Gasteiger partial charge is 0.470 e. The van der Waals surface area contributed by atoms with Crippen LogP contribution >= 0.6 is 0 Å². The van der Waals surface area contributed by atoms with Crippen LogP contribution in [0.15, 0.2) is 0 Å². The summed E-state index contributed by atoms with van der Waals surface area (Å²) in [7, 11) is 0. The molecule has 0 aliphatic heterocycles. The molecule has 10 heteroatoms. The van der Waals surface area contributed by atoms with Gasteiger partial charge in [-0.2, -0.15) is 35.3 Å². The predicted octanol–water partition coefficient (Wildman–Crippen LogP) is 0.0574. The van der Waals surface area contributed by atoms with Crippen molar-refractivity contribution in [2.24, 2.45) is 0 Å². The molecule has 0 aromatic carbocycles. The summed E-state index contributed by atoms with van der Waals surface area (Å²) in [5.74, 6) is -7.27. The Kier molecular flexibility index (Phi) is 9.96. The fourth-order valence-corrected chi connectivity index (χ4v) is 0.917. The molecule has 124 valence electrons. The number of carbonyl (C=O) groups excluding carboxylic acids is 2. The largest absolute Gasteiger partial charge is 1.00 e. The summed E-state index contributed by atoms with van der Waals surface area (Å²) in [6.45, 7) is 2.96. The Morgan fingerprint density at radius 1 is 1.09 bits per heavy atom. The summed E-state index contributed by atoms with van der Waals surface area (Å²) in [6.07, 6.45) is -5.50. The van der Waals surface area contributed by atoms with Gasteiger partial charge in [-0.25, -0.2) is 4.79 Å². The Balaban J connectivity index is 0. The van der Waals surface area contributed by atoms with E-state index < -0.39 is 36.2 Å². The summed E-state index contributed by atoms with van der Waals surface area (Å²) in [4.78, 5) is 22.9. The molecule has 0 atom stereocenters. The van der Waals surface area contributed by atoms with E-state index in [9.17, 15) is 31.5 Å². The monoisotopic (exact) mass is 404 g/mol. The molecular formula is C12H16F5O4Rb. The van der Waals surface area contributed by atoms with Gasteiger partial charge in [-0.05, 0) is 13.8 Å². The van der Waals surface area contributed by atoms with Gasteiger partial charge in [-0.1, -0.05) is 6.92 Å². The number of halogens is 5. The van der Waals surface area contributed by atoms with Crippen molar-refractivity contribution in [2.45, 2.75) is 51.8 Å². The van der Waals surface area contributed by atoms with Gasteiger partial charge in [-0.3, -0.25) is 10.7 Å². The Hall–Kier alpha value is 0.265. The van der Waals surface area contributed by atoms with E-state index in [-0.39, 0.29) is 64.1 Å². The number of hydrogen-bond acceptors (Lipinski definition) is 4. The number of esters is 2. The molecular weight excluding hydrogens is 389 g/mol. The van der Waals surface area contributed by atoms with Crippen LogP contribution in [0.3, 0.4) is 0 Å². The van der Waals surface area contributed by atoms with Crippen molar-refractivity contribution in [1.82, 2.24) is 0 Å². The third-order valence-electron chi connectivity index (χ3n) is 2.52. The van der Waals surface area contributed by atoms with Crippen molar-refractivity contribution in [3.8, 4) is 0 Å². The maximum Gasteiger partial charge on any atom is 1.00 e. The topological polar surface area (TPSA) is 52.6 Å². The van der Waals surface area contributed by atoms with Crippen LogP contribution in [0.5, 0.6) is 0 Å². The fraction of sp³-hybridized carbons (Fsp3) is 0.750. The summed E-state index contributed by atoms with van der Waals surface area (Å²) in [5, 5.41) is 0. The van der Waals surface area contributed by atoms with Gasteiger partial charge < -0.3 is 9.47 Å². The van der Waals surface area contributed by atoms with Crippen LogP contribution in [0.25, 0.3) is 0 Å². The van der Waals surface area contributed by atoms with Gasteiger partial charge in [0.25, 0.3) is 0 Å². The zero-order chi connectivity index (χ0) is 17.1. The maximum atomic E-state index is 12.6. The van der Waals surface area contributed by atoms with Crippen LogP contribution in [0.4, 0.5) is 22.0 Å². The first-order valence-electron chi connectivity index (χ1n) is 5.92. The molecule has 0 saturated heterocycles. The first kappa shape index (κ1) is 24.5. The molecule has 22 heavy (non-hydrogen) atoms. The van der Waals surface area contributed by atoms with Gasteiger partial charge in [-0.15, -0.1) is 0 Å². The quantitative estimate of drug-likeness (QED) is 0.357. The van der Waals surface area contributed by atoms with Crippen molar-refractivity contribution < 1.29 is 99.2 Å². The number of rotatable bonds is 6. The molecule has 0 amide bonds. The van der Waals surface area contributed by atoms with E-state index in [0.717, 1.165) is 13.8 Å². The number of alkyl halides is 5. The number of carbonyl (C=O) groups is 2. The van der Waals surface area contributed by atoms with Crippen molar-refractivity contribution in [3.63, 3.8) is 0 Å². The molecule has 0 aromatic rings. The summed E-state index contributed by atoms with van der Waals surface area (Å²) in [5.41, 5.74) is -1.98. The predicted molar refractivity (Wildman–Crippen MR) is 61.3 cm³/mol. The van der Waals surface area contributed by atoms with E-state index in [0.29, 0.717) is 6.42 Å². The molecule has 0 spiro atoms. The SMILES string of the molecule is CC[C-](C)C(=O)OC(C)(C)C(=O)OCC(F)(F)C(F)(F)F.[Rb+]. The molecule has 0 fully saturated rings. The number of hydrogen-bond donors (Lipinski definition) is 0. The minimum Gasteiger partial charge on any atom is -0.470 e. The normalized spacial score (nSPS) is 12.2. The average molecular weight is 405 g/mol. The first-order chi connectivity index (χ1) is 9.24. The van der Waals surface area contributed by atoms with Gasteiger partial charge in [0, 0.05) is 0 Å². The van der Waals surface area contributed by atoms with E-state index in [1.807, 2.05) is 0 Å². The van der Waals surface area contributed by atoms with E-state index in [1.54, 1.807) is 6.92 Å². The minimum absolute atomic E-state index is 0. The molecule has 0 heterocycles. The molecule has 4 nitrogen and oxygen atoms in total. The van der Waals surface area contributed by atoms with Crippen LogP contribution in [0.1, 0.15) is 34.1 Å². The fourth-order valence-electron chi connectivity index (χ4n) is 0.917. The van der Waals surface area contributed by atoms with Gasteiger partial charge in [0.2, 0.25) is 5.60 Å². The third-order valence-corrected chi connectivity index (χ3v) is 2.52. The second kappa shape index (κ2) is 8.93. The van der Waals surface area contributed by atoms with Crippen LogP contribution in [0, 0.1) is 5.92 Å². The molecule has 0 radical (unpaired) electrons. The second-order valence-corrected chi connectivity index (χ2v) is 4.81. The van der Waals surface area contributed by atoms with Crippen molar-refractivity contribution in [1.29, 1.82) is 0 Å². The van der Waals surface area contributed by atoms with Crippen molar-refractivity contribution >= 4 is 11.9 Å². The Morgan fingerprint density at radius 3 is 1.91 bits per heavy atom. The molecule has 0 aromatic heterocycles. The molecule has 0 unspecified atom stereocenters. The molecule has 0 aliphatic rings. The Labute approximate surface area is 173 Å². The zero-order valence-electron chi connectivity index (χ0n) is 12.9. The minimum atomic E-state index is -5.83. The number of ether oxygens (including phenoxy) is 2. The molecule has 0 N–H and O–H groups in total.